The van der Waals surface area contributed by atoms with Crippen LogP contribution in [0.5, 0.6) is 0 Å². The van der Waals surface area contributed by atoms with Crippen molar-refractivity contribution in [3.63, 3.8) is 0 Å². The molecule has 0 aromatic carbocycles. The molecule has 0 bridgehead atoms. The zero-order valence-corrected chi connectivity index (χ0v) is 5.22. The van der Waals surface area contributed by atoms with Gasteiger partial charge < -0.3 is 9.47 Å². The van der Waals surface area contributed by atoms with E-state index in [2.05, 4.69) is 0 Å². The molecule has 0 saturated heterocycles. The molecule has 0 heterocycles. The van der Waals surface area contributed by atoms with E-state index in [4.69, 9.17) is 17.3 Å². The van der Waals surface area contributed by atoms with Gasteiger partial charge in [-0.1, -0.05) is 0 Å². The highest BCUT2D eigenvalue weighted by molar-refractivity contribution is 6.08. The van der Waals surface area contributed by atoms with Crippen molar-refractivity contribution in [3.8, 4) is 0 Å². The van der Waals surface area contributed by atoms with E-state index < -0.39 is 0 Å². The molecular weight excluding hydrogens is 103 g/mol. The van der Waals surface area contributed by atoms with Crippen LogP contribution < -0.4 is 0 Å². The Labute approximate surface area is 51.6 Å². The Morgan fingerprint density at radius 3 is 2.62 bits per heavy atom. The Kier molecular flexibility index (Phi) is 6.97. The highest BCUT2D eigenvalue weighted by Crippen LogP contribution is 1.80. The summed E-state index contributed by atoms with van der Waals surface area (Å²) in [7, 11) is 6.72. The zero-order chi connectivity index (χ0) is 6.24. The van der Waals surface area contributed by atoms with E-state index in [1.54, 1.807) is 7.11 Å². The molecule has 0 amide bonds. The Bertz CT molecular complexity index is 35.4. The molecule has 8 heavy (non-hydrogen) atoms. The molecule has 0 atom stereocenters. The van der Waals surface area contributed by atoms with E-state index in [0.717, 1.165) is 13.0 Å². The molecule has 3 heteroatoms. The number of hydrogen-bond acceptors (Lipinski definition) is 2. The van der Waals surface area contributed by atoms with Gasteiger partial charge in [0.05, 0.1) is 0 Å². The van der Waals surface area contributed by atoms with Crippen molar-refractivity contribution >= 4 is 7.85 Å². The van der Waals surface area contributed by atoms with E-state index in [0.29, 0.717) is 13.1 Å². The van der Waals surface area contributed by atoms with Gasteiger partial charge in [0.15, 0.2) is 0 Å². The van der Waals surface area contributed by atoms with Crippen LogP contribution in [0.1, 0.15) is 6.42 Å². The standard InChI is InChI=1S/C5H11BO2/c1-7-3-2-4-8-5-6/h2-5H2,1H3. The zero-order valence-electron chi connectivity index (χ0n) is 5.22. The van der Waals surface area contributed by atoms with Crippen molar-refractivity contribution in [1.82, 2.24) is 0 Å². The molecule has 2 radical (unpaired) electrons. The maximum atomic E-state index is 5.05. The van der Waals surface area contributed by atoms with E-state index in [9.17, 15) is 0 Å². The Hall–Kier alpha value is -0.0151. The van der Waals surface area contributed by atoms with Crippen molar-refractivity contribution in [3.05, 3.63) is 0 Å². The molecule has 0 N–H and O–H groups in total. The third-order valence-electron chi connectivity index (χ3n) is 0.755. The van der Waals surface area contributed by atoms with Gasteiger partial charge >= 0.3 is 0 Å². The van der Waals surface area contributed by atoms with Crippen LogP contribution in [0, 0.1) is 0 Å². The van der Waals surface area contributed by atoms with Gasteiger partial charge in [-0.15, -0.1) is 0 Å². The first-order chi connectivity index (χ1) is 3.91. The number of methoxy groups -OCH3 is 1. The lowest BCUT2D eigenvalue weighted by Crippen LogP contribution is -1.99. The van der Waals surface area contributed by atoms with Crippen molar-refractivity contribution < 1.29 is 9.47 Å². The minimum Gasteiger partial charge on any atom is -0.391 e. The van der Waals surface area contributed by atoms with E-state index in [-0.39, 0.29) is 0 Å². The summed E-state index contributed by atoms with van der Waals surface area (Å²) in [6.45, 7) is 1.76. The highest BCUT2D eigenvalue weighted by atomic mass is 16.5. The molecule has 0 aliphatic carbocycles. The van der Waals surface area contributed by atoms with Crippen LogP contribution in [0.4, 0.5) is 0 Å². The van der Waals surface area contributed by atoms with Crippen LogP contribution >= 0.6 is 0 Å². The smallest absolute Gasteiger partial charge is 0.104 e. The summed E-state index contributed by atoms with van der Waals surface area (Å²) in [5.41, 5.74) is 0. The SMILES string of the molecule is [B]COCCCOC. The van der Waals surface area contributed by atoms with Gasteiger partial charge in [0.25, 0.3) is 0 Å². The minimum atomic E-state index is 0.309. The lowest BCUT2D eigenvalue weighted by molar-refractivity contribution is 0.129. The quantitative estimate of drug-likeness (QED) is 0.374. The summed E-state index contributed by atoms with van der Waals surface area (Å²) in [4.78, 5) is 0. The third-order valence-corrected chi connectivity index (χ3v) is 0.755. The van der Waals surface area contributed by atoms with Crippen LogP contribution in [0.3, 0.4) is 0 Å². The molecule has 0 rings (SSSR count). The molecule has 0 spiro atoms. The molecular formula is C5H11BO2. The summed E-state index contributed by atoms with van der Waals surface area (Å²) in [5.74, 6) is 0. The second kappa shape index (κ2) is 6.98. The molecule has 0 fully saturated rings. The fourth-order valence-electron chi connectivity index (χ4n) is 0.389. The van der Waals surface area contributed by atoms with Gasteiger partial charge in [0.1, 0.15) is 7.85 Å². The van der Waals surface area contributed by atoms with Crippen molar-refractivity contribution in [2.75, 3.05) is 26.8 Å². The van der Waals surface area contributed by atoms with Crippen molar-refractivity contribution in [1.29, 1.82) is 0 Å². The fraction of sp³-hybridized carbons (Fsp3) is 1.00. The first-order valence-electron chi connectivity index (χ1n) is 2.68. The first kappa shape index (κ1) is 7.98. The van der Waals surface area contributed by atoms with Gasteiger partial charge in [-0.05, 0) is 6.42 Å². The third kappa shape index (κ3) is 5.98. The van der Waals surface area contributed by atoms with Crippen molar-refractivity contribution in [2.45, 2.75) is 6.42 Å². The first-order valence-corrected chi connectivity index (χ1v) is 2.68. The largest absolute Gasteiger partial charge is 0.391 e. The predicted octanol–water partition coefficient (Wildman–Crippen LogP) is 0.165. The van der Waals surface area contributed by atoms with Gasteiger partial charge in [-0.2, -0.15) is 0 Å². The van der Waals surface area contributed by atoms with Crippen LogP contribution in [0.2, 0.25) is 0 Å². The van der Waals surface area contributed by atoms with Gasteiger partial charge in [0, 0.05) is 26.8 Å². The molecule has 0 saturated carbocycles. The summed E-state index contributed by atoms with van der Waals surface area (Å²) < 4.78 is 9.60. The van der Waals surface area contributed by atoms with Crippen LogP contribution in [-0.4, -0.2) is 34.7 Å². The Morgan fingerprint density at radius 1 is 1.38 bits per heavy atom. The highest BCUT2D eigenvalue weighted by Gasteiger charge is 1.82. The topological polar surface area (TPSA) is 18.5 Å². The minimum absolute atomic E-state index is 0.309. The molecule has 46 valence electrons. The van der Waals surface area contributed by atoms with Crippen LogP contribution in [0.15, 0.2) is 0 Å². The Balaban J connectivity index is 2.53. The van der Waals surface area contributed by atoms with Gasteiger partial charge in [-0.25, -0.2) is 0 Å². The van der Waals surface area contributed by atoms with E-state index in [1.165, 1.54) is 0 Å². The van der Waals surface area contributed by atoms with E-state index >= 15 is 0 Å². The van der Waals surface area contributed by atoms with E-state index in [1.807, 2.05) is 0 Å². The number of hydrogen-bond donors (Lipinski definition) is 0. The molecule has 0 unspecified atom stereocenters. The number of ether oxygens (including phenoxy) is 2. The molecule has 0 aromatic rings. The van der Waals surface area contributed by atoms with Crippen LogP contribution in [0.25, 0.3) is 0 Å². The summed E-state index contributed by atoms with van der Waals surface area (Å²) in [5, 5.41) is 0. The molecule has 0 aromatic heterocycles. The van der Waals surface area contributed by atoms with Crippen molar-refractivity contribution in [2.24, 2.45) is 0 Å². The Morgan fingerprint density at radius 2 is 2.12 bits per heavy atom. The molecule has 0 aliphatic heterocycles. The van der Waals surface area contributed by atoms with Gasteiger partial charge in [0.2, 0.25) is 0 Å². The summed E-state index contributed by atoms with van der Waals surface area (Å²) >= 11 is 0. The summed E-state index contributed by atoms with van der Waals surface area (Å²) in [6, 6.07) is 0. The lowest BCUT2D eigenvalue weighted by Gasteiger charge is -1.98. The monoisotopic (exact) mass is 114 g/mol. The van der Waals surface area contributed by atoms with Crippen LogP contribution in [-0.2, 0) is 9.47 Å². The maximum absolute atomic E-state index is 5.05. The number of rotatable bonds is 5. The molecule has 2 nitrogen and oxygen atoms in total. The lowest BCUT2D eigenvalue weighted by atomic mass is 10.2. The average Bonchev–Trinajstić information content (AvgIpc) is 1.81. The van der Waals surface area contributed by atoms with Gasteiger partial charge in [-0.3, -0.25) is 0 Å². The molecule has 0 aliphatic rings. The maximum Gasteiger partial charge on any atom is 0.104 e. The fourth-order valence-corrected chi connectivity index (χ4v) is 0.389. The average molecular weight is 114 g/mol. The second-order valence-electron chi connectivity index (χ2n) is 1.42. The predicted molar refractivity (Wildman–Crippen MR) is 33.1 cm³/mol. The summed E-state index contributed by atoms with van der Waals surface area (Å²) in [6.07, 6.45) is 0.924. The second-order valence-corrected chi connectivity index (χ2v) is 1.42. The normalized spacial score (nSPS) is 9.62.